The molecular formula is C23H23N5OS2. The second kappa shape index (κ2) is 8.64. The molecule has 4 aromatic heterocycles. The highest BCUT2D eigenvalue weighted by atomic mass is 32.2. The first kappa shape index (κ1) is 21.3. The summed E-state index contributed by atoms with van der Waals surface area (Å²) < 4.78 is 3.60. The van der Waals surface area contributed by atoms with Crippen molar-refractivity contribution in [1.82, 2.24) is 23.9 Å². The summed E-state index contributed by atoms with van der Waals surface area (Å²) >= 11 is 2.98. The van der Waals surface area contributed by atoms with Gasteiger partial charge in [-0.25, -0.2) is 15.0 Å². The zero-order chi connectivity index (χ0) is 22.1. The Morgan fingerprint density at radius 2 is 2.10 bits per heavy atom. The van der Waals surface area contributed by atoms with Crippen molar-refractivity contribution in [1.29, 1.82) is 0 Å². The molecule has 6 nitrogen and oxygen atoms in total. The third-order valence-corrected chi connectivity index (χ3v) is 6.87. The first-order valence-corrected chi connectivity index (χ1v) is 11.7. The van der Waals surface area contributed by atoms with Gasteiger partial charge in [-0.15, -0.1) is 11.3 Å². The molecular weight excluding hydrogens is 426 g/mol. The zero-order valence-corrected chi connectivity index (χ0v) is 19.5. The van der Waals surface area contributed by atoms with Gasteiger partial charge in [0.1, 0.15) is 4.83 Å². The average molecular weight is 450 g/mol. The molecule has 0 bridgehead atoms. The molecule has 0 spiro atoms. The van der Waals surface area contributed by atoms with E-state index in [0.29, 0.717) is 22.1 Å². The van der Waals surface area contributed by atoms with Crippen LogP contribution in [0, 0.1) is 13.8 Å². The van der Waals surface area contributed by atoms with E-state index < -0.39 is 0 Å². The molecule has 4 rings (SSSR count). The molecule has 0 radical (unpaired) electrons. The Labute approximate surface area is 188 Å². The molecule has 0 unspecified atom stereocenters. The van der Waals surface area contributed by atoms with Crippen LogP contribution in [-0.2, 0) is 12.8 Å². The van der Waals surface area contributed by atoms with Gasteiger partial charge in [-0.3, -0.25) is 13.8 Å². The first-order valence-electron chi connectivity index (χ1n) is 9.82. The smallest absolute Gasteiger partial charge is 0.263 e. The van der Waals surface area contributed by atoms with Gasteiger partial charge in [0.05, 0.1) is 11.1 Å². The molecule has 0 aliphatic heterocycles. The molecule has 8 heteroatoms. The van der Waals surface area contributed by atoms with Crippen LogP contribution in [0.4, 0.5) is 0 Å². The maximum absolute atomic E-state index is 13.2. The van der Waals surface area contributed by atoms with E-state index in [1.54, 1.807) is 17.7 Å². The minimum absolute atomic E-state index is 0.0554. The average Bonchev–Trinajstić information content (AvgIpc) is 3.34. The minimum Gasteiger partial charge on any atom is -0.290 e. The molecule has 0 saturated carbocycles. The Morgan fingerprint density at radius 1 is 1.29 bits per heavy atom. The summed E-state index contributed by atoms with van der Waals surface area (Å²) in [6.45, 7) is 9.85. The third kappa shape index (κ3) is 4.00. The van der Waals surface area contributed by atoms with Crippen LogP contribution in [0.5, 0.6) is 0 Å². The minimum atomic E-state index is -0.0554. The van der Waals surface area contributed by atoms with E-state index in [-0.39, 0.29) is 5.56 Å². The van der Waals surface area contributed by atoms with Crippen molar-refractivity contribution >= 4 is 44.7 Å². The standard InChI is InChI=1S/C23H23N5OS2/c1-6-8-9-16(7-2)18-13-30-20-19(18)21(29)27(5)23(26-20)31-12-17-11-28-15(4)10-14(3)24-22(28)25-17/h6-11,13H,2,12H2,1,3-5H3/b8-6-,16-9+. The third-order valence-electron chi connectivity index (χ3n) is 4.93. The van der Waals surface area contributed by atoms with Gasteiger partial charge in [0.2, 0.25) is 5.78 Å². The number of fused-ring (bicyclic) bond motifs is 2. The molecule has 0 atom stereocenters. The summed E-state index contributed by atoms with van der Waals surface area (Å²) in [5.74, 6) is 1.29. The Bertz CT molecular complexity index is 1420. The Kier molecular flexibility index (Phi) is 5.93. The predicted molar refractivity (Wildman–Crippen MR) is 130 cm³/mol. The van der Waals surface area contributed by atoms with Crippen LogP contribution in [0.15, 0.2) is 58.5 Å². The van der Waals surface area contributed by atoms with E-state index in [0.717, 1.165) is 33.0 Å². The maximum atomic E-state index is 13.2. The number of aryl methyl sites for hydroxylation is 2. The topological polar surface area (TPSA) is 65.1 Å². The number of rotatable bonds is 6. The number of allylic oxidation sites excluding steroid dienone is 5. The molecule has 31 heavy (non-hydrogen) atoms. The van der Waals surface area contributed by atoms with E-state index in [1.165, 1.54) is 23.1 Å². The molecule has 4 heterocycles. The van der Waals surface area contributed by atoms with Gasteiger partial charge in [-0.2, -0.15) is 0 Å². The lowest BCUT2D eigenvalue weighted by Crippen LogP contribution is -2.20. The van der Waals surface area contributed by atoms with E-state index in [2.05, 4.69) is 16.5 Å². The van der Waals surface area contributed by atoms with Gasteiger partial charge < -0.3 is 0 Å². The zero-order valence-electron chi connectivity index (χ0n) is 17.9. The van der Waals surface area contributed by atoms with Crippen LogP contribution in [0.1, 0.15) is 29.6 Å². The number of nitrogens with zero attached hydrogens (tertiary/aromatic N) is 5. The lowest BCUT2D eigenvalue weighted by atomic mass is 10.1. The molecule has 4 aromatic rings. The number of thioether (sulfide) groups is 1. The quantitative estimate of drug-likeness (QED) is 0.233. The van der Waals surface area contributed by atoms with E-state index >= 15 is 0 Å². The first-order chi connectivity index (χ1) is 14.9. The number of imidazole rings is 1. The fourth-order valence-electron chi connectivity index (χ4n) is 3.39. The maximum Gasteiger partial charge on any atom is 0.263 e. The summed E-state index contributed by atoms with van der Waals surface area (Å²) in [6.07, 6.45) is 9.60. The molecule has 0 aliphatic carbocycles. The fourth-order valence-corrected chi connectivity index (χ4v) is 5.23. The van der Waals surface area contributed by atoms with Gasteiger partial charge >= 0.3 is 0 Å². The Morgan fingerprint density at radius 3 is 2.84 bits per heavy atom. The summed E-state index contributed by atoms with van der Waals surface area (Å²) in [7, 11) is 1.76. The molecule has 0 amide bonds. The highest BCUT2D eigenvalue weighted by Gasteiger charge is 2.16. The monoisotopic (exact) mass is 449 g/mol. The van der Waals surface area contributed by atoms with Crippen LogP contribution in [-0.4, -0.2) is 23.9 Å². The molecule has 0 aliphatic rings. The summed E-state index contributed by atoms with van der Waals surface area (Å²) in [6, 6.07) is 2.03. The van der Waals surface area contributed by atoms with E-state index in [9.17, 15) is 4.79 Å². The van der Waals surface area contributed by atoms with Gasteiger partial charge in [0.25, 0.3) is 5.56 Å². The van der Waals surface area contributed by atoms with Gasteiger partial charge in [-0.05, 0) is 32.4 Å². The van der Waals surface area contributed by atoms with Crippen molar-refractivity contribution in [3.63, 3.8) is 0 Å². The number of aromatic nitrogens is 5. The molecule has 0 saturated heterocycles. The second-order valence-corrected chi connectivity index (χ2v) is 8.97. The van der Waals surface area contributed by atoms with Crippen molar-refractivity contribution in [3.05, 3.63) is 81.5 Å². The number of hydrogen-bond donors (Lipinski definition) is 0. The largest absolute Gasteiger partial charge is 0.290 e. The van der Waals surface area contributed by atoms with Crippen LogP contribution in [0.3, 0.4) is 0 Å². The molecule has 0 fully saturated rings. The van der Waals surface area contributed by atoms with Crippen LogP contribution < -0.4 is 5.56 Å². The van der Waals surface area contributed by atoms with Crippen molar-refractivity contribution in [2.24, 2.45) is 7.05 Å². The fraction of sp³-hybridized carbons (Fsp3) is 0.217. The summed E-state index contributed by atoms with van der Waals surface area (Å²) in [5, 5.41) is 3.28. The predicted octanol–water partition coefficient (Wildman–Crippen LogP) is 5.09. The Balaban J connectivity index is 1.68. The van der Waals surface area contributed by atoms with Crippen molar-refractivity contribution in [2.75, 3.05) is 0 Å². The van der Waals surface area contributed by atoms with E-state index in [4.69, 9.17) is 4.98 Å². The number of hydrogen-bond acceptors (Lipinski definition) is 6. The SMILES string of the molecule is C=C/C(=C\C=C/C)c1csc2nc(SCc3cn4c(C)cc(C)nc4n3)n(C)c(=O)c12. The van der Waals surface area contributed by atoms with Gasteiger partial charge in [0.15, 0.2) is 5.16 Å². The highest BCUT2D eigenvalue weighted by molar-refractivity contribution is 7.98. The summed E-state index contributed by atoms with van der Waals surface area (Å²) in [5.41, 5.74) is 4.66. The molecule has 158 valence electrons. The Hall–Kier alpha value is -2.97. The molecule has 0 aromatic carbocycles. The van der Waals surface area contributed by atoms with Crippen LogP contribution in [0.25, 0.3) is 21.6 Å². The van der Waals surface area contributed by atoms with Crippen LogP contribution in [0.2, 0.25) is 0 Å². The van der Waals surface area contributed by atoms with E-state index in [1.807, 2.05) is 61.0 Å². The lowest BCUT2D eigenvalue weighted by molar-refractivity contribution is 0.727. The van der Waals surface area contributed by atoms with Crippen molar-refractivity contribution < 1.29 is 0 Å². The normalized spacial score (nSPS) is 12.5. The second-order valence-electron chi connectivity index (χ2n) is 7.17. The molecule has 0 N–H and O–H groups in total. The van der Waals surface area contributed by atoms with Crippen molar-refractivity contribution in [2.45, 2.75) is 31.7 Å². The summed E-state index contributed by atoms with van der Waals surface area (Å²) in [4.78, 5) is 27.8. The highest BCUT2D eigenvalue weighted by Crippen LogP contribution is 2.30. The lowest BCUT2D eigenvalue weighted by Gasteiger charge is -2.07. The van der Waals surface area contributed by atoms with Gasteiger partial charge in [-0.1, -0.05) is 42.6 Å². The van der Waals surface area contributed by atoms with Crippen LogP contribution >= 0.6 is 23.1 Å². The van der Waals surface area contributed by atoms with Gasteiger partial charge in [0, 0.05) is 41.3 Å². The number of thiophene rings is 1. The van der Waals surface area contributed by atoms with Crippen molar-refractivity contribution in [3.8, 4) is 0 Å².